The van der Waals surface area contributed by atoms with Crippen molar-refractivity contribution in [3.63, 3.8) is 0 Å². The lowest BCUT2D eigenvalue weighted by Crippen LogP contribution is -2.34. The number of methoxy groups -OCH3 is 1. The highest BCUT2D eigenvalue weighted by Gasteiger charge is 2.24. The van der Waals surface area contributed by atoms with E-state index in [0.29, 0.717) is 6.04 Å². The van der Waals surface area contributed by atoms with E-state index >= 15 is 0 Å². The largest absolute Gasteiger partial charge is 0.496 e. The number of ether oxygens (including phenoxy) is 1. The van der Waals surface area contributed by atoms with Crippen LogP contribution in [0.5, 0.6) is 5.75 Å². The molecule has 3 nitrogen and oxygen atoms in total. The summed E-state index contributed by atoms with van der Waals surface area (Å²) in [5.41, 5.74) is 5.26. The molecule has 0 radical (unpaired) electrons. The topological polar surface area (TPSA) is 37.0 Å². The van der Waals surface area contributed by atoms with Crippen molar-refractivity contribution in [2.75, 3.05) is 7.11 Å². The van der Waals surface area contributed by atoms with Crippen molar-refractivity contribution >= 4 is 10.9 Å². The van der Waals surface area contributed by atoms with Crippen LogP contribution in [0.2, 0.25) is 0 Å². The van der Waals surface area contributed by atoms with Crippen LogP contribution >= 0.6 is 0 Å². The summed E-state index contributed by atoms with van der Waals surface area (Å²) in [5, 5.41) is 5.05. The first-order chi connectivity index (χ1) is 10.8. The van der Waals surface area contributed by atoms with Gasteiger partial charge in [0.25, 0.3) is 0 Å². The third-order valence-corrected chi connectivity index (χ3v) is 4.57. The maximum atomic E-state index is 5.57. The van der Waals surface area contributed by atoms with Crippen LogP contribution in [0.4, 0.5) is 0 Å². The Hall–Kier alpha value is -2.26. The zero-order valence-corrected chi connectivity index (χ0v) is 12.7. The van der Waals surface area contributed by atoms with E-state index in [1.54, 1.807) is 7.11 Å². The fourth-order valence-electron chi connectivity index (χ4n) is 3.49. The van der Waals surface area contributed by atoms with Gasteiger partial charge >= 0.3 is 0 Å². The molecule has 0 spiro atoms. The molecule has 3 heteroatoms. The highest BCUT2D eigenvalue weighted by molar-refractivity contribution is 5.89. The van der Waals surface area contributed by atoms with Crippen molar-refractivity contribution in [3.05, 3.63) is 65.4 Å². The van der Waals surface area contributed by atoms with E-state index in [9.17, 15) is 0 Å². The van der Waals surface area contributed by atoms with Crippen LogP contribution < -0.4 is 10.1 Å². The summed E-state index contributed by atoms with van der Waals surface area (Å²) >= 11 is 0. The second-order valence-electron chi connectivity index (χ2n) is 5.95. The number of H-pyrrole nitrogens is 1. The van der Waals surface area contributed by atoms with E-state index in [0.717, 1.165) is 25.1 Å². The maximum absolute atomic E-state index is 5.57. The summed E-state index contributed by atoms with van der Waals surface area (Å²) in [6.45, 7) is 0.906. The first-order valence-corrected chi connectivity index (χ1v) is 7.78. The van der Waals surface area contributed by atoms with Crippen molar-refractivity contribution in [2.24, 2.45) is 0 Å². The molecule has 0 amide bonds. The first-order valence-electron chi connectivity index (χ1n) is 7.78. The smallest absolute Gasteiger partial charge is 0.122 e. The molecule has 3 aromatic rings. The monoisotopic (exact) mass is 292 g/mol. The predicted molar refractivity (Wildman–Crippen MR) is 89.3 cm³/mol. The van der Waals surface area contributed by atoms with Gasteiger partial charge in [-0.2, -0.15) is 0 Å². The number of hydrogen-bond donors (Lipinski definition) is 2. The molecule has 0 saturated carbocycles. The summed E-state index contributed by atoms with van der Waals surface area (Å²) in [5.74, 6) is 1.000. The average molecular weight is 292 g/mol. The van der Waals surface area contributed by atoms with E-state index in [2.05, 4.69) is 59.0 Å². The van der Waals surface area contributed by atoms with Gasteiger partial charge in [-0.3, -0.25) is 0 Å². The van der Waals surface area contributed by atoms with Crippen LogP contribution in [0.25, 0.3) is 10.9 Å². The molecule has 1 atom stereocenters. The molecule has 1 aromatic heterocycles. The second kappa shape index (κ2) is 5.50. The molecule has 0 fully saturated rings. The van der Waals surface area contributed by atoms with Gasteiger partial charge in [-0.1, -0.05) is 30.3 Å². The maximum Gasteiger partial charge on any atom is 0.122 e. The Morgan fingerprint density at radius 1 is 1.14 bits per heavy atom. The number of nitrogens with one attached hydrogen (secondary N) is 2. The van der Waals surface area contributed by atoms with Gasteiger partial charge in [-0.25, -0.2) is 0 Å². The molecule has 0 bridgehead atoms. The van der Waals surface area contributed by atoms with Crippen molar-refractivity contribution in [1.82, 2.24) is 10.3 Å². The van der Waals surface area contributed by atoms with Crippen LogP contribution in [0.1, 0.15) is 16.7 Å². The summed E-state index contributed by atoms with van der Waals surface area (Å²) in [4.78, 5) is 3.38. The van der Waals surface area contributed by atoms with E-state index in [-0.39, 0.29) is 0 Å². The second-order valence-corrected chi connectivity index (χ2v) is 5.95. The Bertz CT molecular complexity index is 792. The number of hydrogen-bond acceptors (Lipinski definition) is 2. The summed E-state index contributed by atoms with van der Waals surface area (Å²) in [7, 11) is 1.75. The van der Waals surface area contributed by atoms with Gasteiger partial charge in [-0.15, -0.1) is 0 Å². The van der Waals surface area contributed by atoms with Gasteiger partial charge in [0.15, 0.2) is 0 Å². The van der Waals surface area contributed by atoms with Crippen molar-refractivity contribution in [3.8, 4) is 5.75 Å². The van der Waals surface area contributed by atoms with E-state index in [1.165, 1.54) is 27.6 Å². The zero-order valence-electron chi connectivity index (χ0n) is 12.7. The van der Waals surface area contributed by atoms with E-state index < -0.39 is 0 Å². The summed E-state index contributed by atoms with van der Waals surface area (Å²) in [6.07, 6.45) is 4.22. The molecule has 1 heterocycles. The predicted octanol–water partition coefficient (Wildman–Crippen LogP) is 3.43. The fourth-order valence-corrected chi connectivity index (χ4v) is 3.49. The molecule has 22 heavy (non-hydrogen) atoms. The molecule has 4 rings (SSSR count). The van der Waals surface area contributed by atoms with Gasteiger partial charge < -0.3 is 15.0 Å². The quantitative estimate of drug-likeness (QED) is 0.773. The lowest BCUT2D eigenvalue weighted by atomic mass is 9.88. The summed E-state index contributed by atoms with van der Waals surface area (Å²) in [6, 6.07) is 15.2. The molecule has 1 aliphatic rings. The Morgan fingerprint density at radius 2 is 2.00 bits per heavy atom. The third-order valence-electron chi connectivity index (χ3n) is 4.57. The molecule has 1 aliphatic carbocycles. The lowest BCUT2D eigenvalue weighted by Gasteiger charge is -2.25. The molecule has 2 N–H and O–H groups in total. The summed E-state index contributed by atoms with van der Waals surface area (Å²) < 4.78 is 5.57. The molecule has 2 aromatic carbocycles. The lowest BCUT2D eigenvalue weighted by molar-refractivity contribution is 0.403. The van der Waals surface area contributed by atoms with Crippen molar-refractivity contribution < 1.29 is 4.74 Å². The fraction of sp³-hybridized carbons (Fsp3) is 0.263. The van der Waals surface area contributed by atoms with Crippen LogP contribution in [-0.4, -0.2) is 18.1 Å². The standard InChI is InChI=1S/C19H20N2O/c1-22-18-8-7-17-19-14(12-21-17)9-15(10-16(18)19)20-11-13-5-3-2-4-6-13/h2-8,12,15,20-21H,9-11H2,1H3. The Morgan fingerprint density at radius 3 is 2.82 bits per heavy atom. The van der Waals surface area contributed by atoms with Crippen LogP contribution in [0.15, 0.2) is 48.7 Å². The zero-order chi connectivity index (χ0) is 14.9. The van der Waals surface area contributed by atoms with Crippen LogP contribution in [0, 0.1) is 0 Å². The minimum Gasteiger partial charge on any atom is -0.496 e. The third kappa shape index (κ3) is 2.28. The normalized spacial score (nSPS) is 16.9. The highest BCUT2D eigenvalue weighted by Crippen LogP contribution is 2.35. The SMILES string of the molecule is COc1ccc2[nH]cc3c2c1CC(NCc1ccccc1)C3. The molecular weight excluding hydrogens is 272 g/mol. The Balaban J connectivity index is 1.59. The van der Waals surface area contributed by atoms with Crippen LogP contribution in [0.3, 0.4) is 0 Å². The van der Waals surface area contributed by atoms with Gasteiger partial charge in [0.05, 0.1) is 7.11 Å². The van der Waals surface area contributed by atoms with Gasteiger partial charge in [0.2, 0.25) is 0 Å². The molecule has 0 saturated heterocycles. The van der Waals surface area contributed by atoms with Gasteiger partial charge in [-0.05, 0) is 36.1 Å². The van der Waals surface area contributed by atoms with E-state index in [4.69, 9.17) is 4.74 Å². The minimum atomic E-state index is 0.447. The van der Waals surface area contributed by atoms with Gasteiger partial charge in [0.1, 0.15) is 5.75 Å². The Labute approximate surface area is 130 Å². The molecular formula is C19H20N2O. The number of benzene rings is 2. The Kier molecular flexibility index (Phi) is 3.35. The molecule has 0 aliphatic heterocycles. The van der Waals surface area contributed by atoms with E-state index in [1.807, 2.05) is 0 Å². The van der Waals surface area contributed by atoms with Crippen molar-refractivity contribution in [2.45, 2.75) is 25.4 Å². The highest BCUT2D eigenvalue weighted by atomic mass is 16.5. The number of aromatic nitrogens is 1. The van der Waals surface area contributed by atoms with Crippen molar-refractivity contribution in [1.29, 1.82) is 0 Å². The first kappa shape index (κ1) is 13.4. The molecule has 1 unspecified atom stereocenters. The van der Waals surface area contributed by atoms with Gasteiger partial charge in [0, 0.05) is 35.2 Å². The van der Waals surface area contributed by atoms with Crippen LogP contribution in [-0.2, 0) is 19.4 Å². The number of rotatable bonds is 4. The minimum absolute atomic E-state index is 0.447. The number of aromatic amines is 1. The molecule has 112 valence electrons. The average Bonchev–Trinajstić information content (AvgIpc) is 2.99.